The molecule has 12 heteroatoms. The maximum atomic E-state index is 13.6. The molecule has 12 nitrogen and oxygen atoms in total. The Hall–Kier alpha value is -3.39. The molecule has 1 heterocycles. The van der Waals surface area contributed by atoms with Gasteiger partial charge in [-0.25, -0.2) is 0 Å². The topological polar surface area (TPSA) is 206 Å². The number of hydrogen-bond acceptors (Lipinski definition) is 12. The molecule has 0 amide bonds. The van der Waals surface area contributed by atoms with E-state index in [1.807, 2.05) is 0 Å². The van der Waals surface area contributed by atoms with Crippen LogP contribution in [0, 0.1) is 0 Å². The summed E-state index contributed by atoms with van der Waals surface area (Å²) in [6.45, 7) is 5.37. The Morgan fingerprint density at radius 2 is 1.70 bits per heavy atom. The first-order valence-corrected chi connectivity index (χ1v) is 16.3. The molecule has 258 valence electrons. The number of aliphatic hydroxyl groups is 3. The summed E-state index contributed by atoms with van der Waals surface area (Å²) in [5.74, 6) is -3.18. The van der Waals surface area contributed by atoms with Crippen molar-refractivity contribution in [1.82, 2.24) is 0 Å². The maximum Gasteiger partial charge on any atom is 0.202 e. The van der Waals surface area contributed by atoms with Crippen LogP contribution in [0.1, 0.15) is 121 Å². The molecule has 5 rings (SSSR count). The molecule has 2 aromatic carbocycles. The average molecular weight is 658 g/mol. The second-order valence-corrected chi connectivity index (χ2v) is 12.6. The SMILES string of the molecule is CCCCCCCCO.COc1cccc2c1C(=O)c1c(O)c3c(c(O)c1C2=O)C[C@@](O)(C(C)=O)C[C@@H]3O[C@H]1C[C@H](N)[C@H](O)[C@H](C)O1. The summed E-state index contributed by atoms with van der Waals surface area (Å²) in [6.07, 6.45) is 2.96. The number of aromatic hydroxyl groups is 2. The van der Waals surface area contributed by atoms with Crippen LogP contribution in [0.2, 0.25) is 0 Å². The lowest BCUT2D eigenvalue weighted by molar-refractivity contribution is -0.247. The van der Waals surface area contributed by atoms with Crippen molar-refractivity contribution in [2.45, 2.75) is 115 Å². The van der Waals surface area contributed by atoms with Crippen LogP contribution >= 0.6 is 0 Å². The number of phenols is 2. The number of Topliss-reactive ketones (excluding diaryl/α,β-unsaturated/α-hetero) is 1. The van der Waals surface area contributed by atoms with Gasteiger partial charge in [0.2, 0.25) is 5.78 Å². The number of methoxy groups -OCH3 is 1. The zero-order valence-corrected chi connectivity index (χ0v) is 27.5. The van der Waals surface area contributed by atoms with Crippen LogP contribution in [0.15, 0.2) is 18.2 Å². The first-order chi connectivity index (χ1) is 22.3. The molecule has 2 aromatic rings. The highest BCUT2D eigenvalue weighted by molar-refractivity contribution is 6.31. The number of carbonyl (C=O) groups is 3. The van der Waals surface area contributed by atoms with E-state index < -0.39 is 82.6 Å². The zero-order chi connectivity index (χ0) is 34.6. The second kappa shape index (κ2) is 15.2. The van der Waals surface area contributed by atoms with Gasteiger partial charge in [0.25, 0.3) is 0 Å². The quantitative estimate of drug-likeness (QED) is 0.137. The first kappa shape index (κ1) is 36.4. The van der Waals surface area contributed by atoms with Gasteiger partial charge in [-0.15, -0.1) is 0 Å². The fourth-order valence-corrected chi connectivity index (χ4v) is 6.55. The number of rotatable bonds is 10. The van der Waals surface area contributed by atoms with Crippen LogP contribution in [0.25, 0.3) is 0 Å². The fourth-order valence-electron chi connectivity index (χ4n) is 6.55. The molecule has 0 saturated carbocycles. The van der Waals surface area contributed by atoms with Gasteiger partial charge in [-0.2, -0.15) is 0 Å². The molecule has 0 radical (unpaired) electrons. The van der Waals surface area contributed by atoms with Crippen molar-refractivity contribution in [3.63, 3.8) is 0 Å². The van der Waals surface area contributed by atoms with Gasteiger partial charge in [-0.1, -0.05) is 51.2 Å². The number of benzene rings is 2. The van der Waals surface area contributed by atoms with Gasteiger partial charge in [0.15, 0.2) is 17.9 Å². The summed E-state index contributed by atoms with van der Waals surface area (Å²) in [5.41, 5.74) is 2.97. The van der Waals surface area contributed by atoms with Gasteiger partial charge >= 0.3 is 0 Å². The molecule has 1 fully saturated rings. The molecule has 0 spiro atoms. The molecule has 47 heavy (non-hydrogen) atoms. The van der Waals surface area contributed by atoms with E-state index in [4.69, 9.17) is 25.1 Å². The van der Waals surface area contributed by atoms with Crippen LogP contribution in [-0.4, -0.2) is 86.7 Å². The second-order valence-electron chi connectivity index (χ2n) is 12.6. The van der Waals surface area contributed by atoms with Crippen molar-refractivity contribution < 1.29 is 54.1 Å². The van der Waals surface area contributed by atoms with E-state index >= 15 is 0 Å². The minimum absolute atomic E-state index is 0.0147. The van der Waals surface area contributed by atoms with Crippen molar-refractivity contribution in [2.24, 2.45) is 5.73 Å². The molecule has 7 N–H and O–H groups in total. The Morgan fingerprint density at radius 1 is 1.04 bits per heavy atom. The molecule has 2 aliphatic carbocycles. The molecule has 3 aliphatic rings. The molecule has 1 aliphatic heterocycles. The lowest BCUT2D eigenvalue weighted by atomic mass is 9.72. The number of aliphatic hydroxyl groups excluding tert-OH is 2. The van der Waals surface area contributed by atoms with Gasteiger partial charge in [0.1, 0.15) is 22.8 Å². The van der Waals surface area contributed by atoms with Crippen molar-refractivity contribution >= 4 is 17.3 Å². The number of unbranched alkanes of at least 4 members (excludes halogenated alkanes) is 5. The number of hydrogen-bond donors (Lipinski definition) is 6. The highest BCUT2D eigenvalue weighted by Gasteiger charge is 2.49. The summed E-state index contributed by atoms with van der Waals surface area (Å²) < 4.78 is 17.1. The van der Waals surface area contributed by atoms with Crippen molar-refractivity contribution in [3.05, 3.63) is 51.6 Å². The third kappa shape index (κ3) is 7.23. The van der Waals surface area contributed by atoms with Crippen molar-refractivity contribution in [2.75, 3.05) is 13.7 Å². The zero-order valence-electron chi connectivity index (χ0n) is 27.5. The van der Waals surface area contributed by atoms with E-state index in [1.54, 1.807) is 6.92 Å². The molecule has 0 unspecified atom stereocenters. The summed E-state index contributed by atoms with van der Waals surface area (Å²) in [6, 6.07) is 3.75. The van der Waals surface area contributed by atoms with Gasteiger partial charge in [0, 0.05) is 48.6 Å². The van der Waals surface area contributed by atoms with Gasteiger partial charge in [-0.3, -0.25) is 14.4 Å². The van der Waals surface area contributed by atoms with Gasteiger partial charge < -0.3 is 45.5 Å². The Labute approximate surface area is 274 Å². The van der Waals surface area contributed by atoms with Crippen LogP contribution in [-0.2, 0) is 20.7 Å². The van der Waals surface area contributed by atoms with Crippen LogP contribution in [0.3, 0.4) is 0 Å². The highest BCUT2D eigenvalue weighted by Crippen LogP contribution is 2.52. The maximum absolute atomic E-state index is 13.6. The lowest BCUT2D eigenvalue weighted by Crippen LogP contribution is -2.52. The Bertz CT molecular complexity index is 1470. The van der Waals surface area contributed by atoms with Gasteiger partial charge in [-0.05, 0) is 26.3 Å². The predicted octanol–water partition coefficient (Wildman–Crippen LogP) is 3.37. The smallest absolute Gasteiger partial charge is 0.202 e. The van der Waals surface area contributed by atoms with E-state index in [1.165, 1.54) is 64.3 Å². The molecular formula is C35H47NO11. The molecule has 1 saturated heterocycles. The highest BCUT2D eigenvalue weighted by atomic mass is 16.7. The third-order valence-electron chi connectivity index (χ3n) is 9.31. The predicted molar refractivity (Wildman–Crippen MR) is 171 cm³/mol. The summed E-state index contributed by atoms with van der Waals surface area (Å²) >= 11 is 0. The molecule has 6 atom stereocenters. The van der Waals surface area contributed by atoms with Gasteiger partial charge in [0.05, 0.1) is 42.1 Å². The molecule has 0 bridgehead atoms. The lowest BCUT2D eigenvalue weighted by Gasteiger charge is -2.42. The monoisotopic (exact) mass is 657 g/mol. The van der Waals surface area contributed by atoms with E-state index in [-0.39, 0.29) is 40.8 Å². The van der Waals surface area contributed by atoms with Crippen molar-refractivity contribution in [1.29, 1.82) is 0 Å². The number of ketones is 3. The number of fused-ring (bicyclic) bond motifs is 3. The summed E-state index contributed by atoms with van der Waals surface area (Å²) in [7, 11) is 1.34. The third-order valence-corrected chi connectivity index (χ3v) is 9.31. The molecular weight excluding hydrogens is 610 g/mol. The van der Waals surface area contributed by atoms with E-state index in [0.29, 0.717) is 6.61 Å². The van der Waals surface area contributed by atoms with Crippen molar-refractivity contribution in [3.8, 4) is 17.2 Å². The van der Waals surface area contributed by atoms with E-state index in [2.05, 4.69) is 6.92 Å². The number of phenolic OH excluding ortho intramolecular Hbond substituents is 2. The number of nitrogens with two attached hydrogens (primary N) is 1. The standard InChI is InChI=1S/C27H29NO10.C8H18O/c1-10-22(30)14(28)7-17(37-10)38-16-9-27(35,11(2)29)8-13-19(16)26(34)21-20(24(13)32)23(31)12-5-4-6-15(36-3)18(12)25(21)33;1-2-3-4-5-6-7-8-9/h4-6,10,14,16-17,22,30,32,34-35H,7-9,28H2,1-3H3;9H,2-8H2,1H3/t10-,14-,16-,17-,22+,27-;/m0./s1. The molecule has 0 aromatic heterocycles. The first-order valence-electron chi connectivity index (χ1n) is 16.3. The Morgan fingerprint density at radius 3 is 2.32 bits per heavy atom. The summed E-state index contributed by atoms with van der Waals surface area (Å²) in [5, 5.41) is 52.5. The largest absolute Gasteiger partial charge is 0.507 e. The Kier molecular flexibility index (Phi) is 11.8. The van der Waals surface area contributed by atoms with Crippen LogP contribution in [0.4, 0.5) is 0 Å². The van der Waals surface area contributed by atoms with Crippen LogP contribution < -0.4 is 10.5 Å². The number of ether oxygens (including phenoxy) is 3. The normalized spacial score (nSPS) is 26.4. The Balaban J connectivity index is 0.000000488. The minimum Gasteiger partial charge on any atom is -0.507 e. The van der Waals surface area contributed by atoms with E-state index in [9.17, 15) is 34.8 Å². The minimum atomic E-state index is -2.00. The van der Waals surface area contributed by atoms with E-state index in [0.717, 1.165) is 6.42 Å². The average Bonchev–Trinajstić information content (AvgIpc) is 3.03. The fraction of sp³-hybridized carbons (Fsp3) is 0.571. The van der Waals surface area contributed by atoms with Crippen LogP contribution in [0.5, 0.6) is 17.2 Å². The summed E-state index contributed by atoms with van der Waals surface area (Å²) in [4.78, 5) is 39.6. The number of carbonyl (C=O) groups excluding carboxylic acids is 3.